The number of amides is 1. The van der Waals surface area contributed by atoms with Crippen molar-refractivity contribution in [1.82, 2.24) is 14.9 Å². The summed E-state index contributed by atoms with van der Waals surface area (Å²) in [6.45, 7) is 11.1. The standard InChI is InChI=1S/C20H26N4O2S/c1-12(2)20(6,11-21)23-17(25)14(5)27-19-22-16-10-8-7-9-15(16)18(26)24(19)13(3)4/h7-10,12-14H,1-6H3,(H,23,25)/t14-,20-/m1/s1. The van der Waals surface area contributed by atoms with E-state index < -0.39 is 10.8 Å². The van der Waals surface area contributed by atoms with Gasteiger partial charge in [0.1, 0.15) is 5.54 Å². The fourth-order valence-electron chi connectivity index (χ4n) is 2.53. The summed E-state index contributed by atoms with van der Waals surface area (Å²) in [5.41, 5.74) is -0.450. The van der Waals surface area contributed by atoms with E-state index in [0.717, 1.165) is 0 Å². The average molecular weight is 387 g/mol. The molecule has 7 heteroatoms. The summed E-state index contributed by atoms with van der Waals surface area (Å²) in [4.78, 5) is 30.1. The van der Waals surface area contributed by atoms with Crippen LogP contribution in [0.15, 0.2) is 34.2 Å². The van der Waals surface area contributed by atoms with Gasteiger partial charge in [-0.2, -0.15) is 5.26 Å². The molecule has 0 fully saturated rings. The van der Waals surface area contributed by atoms with E-state index in [2.05, 4.69) is 16.4 Å². The van der Waals surface area contributed by atoms with Gasteiger partial charge < -0.3 is 5.32 Å². The largest absolute Gasteiger partial charge is 0.337 e. The van der Waals surface area contributed by atoms with E-state index in [1.807, 2.05) is 39.8 Å². The fourth-order valence-corrected chi connectivity index (χ4v) is 3.58. The first-order valence-electron chi connectivity index (χ1n) is 9.02. The van der Waals surface area contributed by atoms with Crippen LogP contribution in [0.2, 0.25) is 0 Å². The van der Waals surface area contributed by atoms with Crippen LogP contribution in [0.1, 0.15) is 47.6 Å². The Labute approximate surface area is 164 Å². The lowest BCUT2D eigenvalue weighted by atomic mass is 9.90. The van der Waals surface area contributed by atoms with E-state index in [1.54, 1.807) is 30.5 Å². The number of aromatic nitrogens is 2. The maximum Gasteiger partial charge on any atom is 0.262 e. The highest BCUT2D eigenvalue weighted by molar-refractivity contribution is 8.00. The molecule has 0 aliphatic rings. The Morgan fingerprint density at radius 3 is 2.44 bits per heavy atom. The minimum absolute atomic E-state index is 0.0312. The number of thioether (sulfide) groups is 1. The summed E-state index contributed by atoms with van der Waals surface area (Å²) < 4.78 is 1.61. The van der Waals surface area contributed by atoms with Gasteiger partial charge >= 0.3 is 0 Å². The summed E-state index contributed by atoms with van der Waals surface area (Å²) >= 11 is 1.23. The zero-order valence-electron chi connectivity index (χ0n) is 16.6. The van der Waals surface area contributed by atoms with Gasteiger partial charge in [0, 0.05) is 6.04 Å². The molecule has 2 aromatic rings. The van der Waals surface area contributed by atoms with Crippen molar-refractivity contribution < 1.29 is 4.79 Å². The number of carbonyl (C=O) groups is 1. The molecule has 0 unspecified atom stereocenters. The van der Waals surface area contributed by atoms with Crippen LogP contribution < -0.4 is 10.9 Å². The molecule has 2 rings (SSSR count). The van der Waals surface area contributed by atoms with Crippen molar-refractivity contribution in [1.29, 1.82) is 5.26 Å². The molecule has 1 aromatic carbocycles. The molecule has 1 aromatic heterocycles. The number of nitrogens with zero attached hydrogens (tertiary/aromatic N) is 3. The number of nitrogens with one attached hydrogen (secondary N) is 1. The molecule has 1 heterocycles. The van der Waals surface area contributed by atoms with Crippen LogP contribution in [0.4, 0.5) is 0 Å². The van der Waals surface area contributed by atoms with Crippen molar-refractivity contribution in [3.63, 3.8) is 0 Å². The Balaban J connectivity index is 2.37. The number of hydrogen-bond acceptors (Lipinski definition) is 5. The first-order chi connectivity index (χ1) is 12.6. The lowest BCUT2D eigenvalue weighted by molar-refractivity contribution is -0.121. The van der Waals surface area contributed by atoms with Gasteiger partial charge in [-0.15, -0.1) is 0 Å². The molecule has 0 spiro atoms. The molecular formula is C20H26N4O2S. The van der Waals surface area contributed by atoms with Crippen LogP contribution in [-0.2, 0) is 4.79 Å². The third-order valence-electron chi connectivity index (χ3n) is 4.71. The first kappa shape index (κ1) is 21.0. The monoisotopic (exact) mass is 386 g/mol. The van der Waals surface area contributed by atoms with Crippen LogP contribution >= 0.6 is 11.8 Å². The smallest absolute Gasteiger partial charge is 0.262 e. The van der Waals surface area contributed by atoms with Crippen LogP contribution in [0.5, 0.6) is 0 Å². The van der Waals surface area contributed by atoms with Gasteiger partial charge in [-0.05, 0) is 45.7 Å². The summed E-state index contributed by atoms with van der Waals surface area (Å²) in [5.74, 6) is -0.285. The van der Waals surface area contributed by atoms with Crippen LogP contribution in [0.25, 0.3) is 10.9 Å². The Hall–Kier alpha value is -2.33. The zero-order chi connectivity index (χ0) is 20.4. The normalized spacial score (nSPS) is 14.8. The van der Waals surface area contributed by atoms with E-state index in [-0.39, 0.29) is 23.4 Å². The van der Waals surface area contributed by atoms with Crippen molar-refractivity contribution in [3.8, 4) is 6.07 Å². The molecule has 144 valence electrons. The van der Waals surface area contributed by atoms with E-state index in [0.29, 0.717) is 16.1 Å². The minimum atomic E-state index is -0.944. The summed E-state index contributed by atoms with van der Waals surface area (Å²) in [5, 5.41) is 12.8. The van der Waals surface area contributed by atoms with Gasteiger partial charge in [-0.25, -0.2) is 4.98 Å². The molecule has 1 N–H and O–H groups in total. The van der Waals surface area contributed by atoms with Crippen molar-refractivity contribution in [2.45, 2.75) is 63.5 Å². The van der Waals surface area contributed by atoms with Gasteiger partial charge in [0.2, 0.25) is 5.91 Å². The highest BCUT2D eigenvalue weighted by atomic mass is 32.2. The fraction of sp³-hybridized carbons (Fsp3) is 0.500. The Morgan fingerprint density at radius 1 is 1.26 bits per heavy atom. The molecule has 0 radical (unpaired) electrons. The second-order valence-corrected chi connectivity index (χ2v) is 8.71. The predicted octanol–water partition coefficient (Wildman–Crippen LogP) is 3.51. The quantitative estimate of drug-likeness (QED) is 0.606. The summed E-state index contributed by atoms with van der Waals surface area (Å²) in [7, 11) is 0. The zero-order valence-corrected chi connectivity index (χ0v) is 17.4. The first-order valence-corrected chi connectivity index (χ1v) is 9.90. The van der Waals surface area contributed by atoms with E-state index >= 15 is 0 Å². The number of hydrogen-bond donors (Lipinski definition) is 1. The molecule has 2 atom stereocenters. The van der Waals surface area contributed by atoms with E-state index in [4.69, 9.17) is 0 Å². The Kier molecular flexibility index (Phi) is 6.32. The van der Waals surface area contributed by atoms with E-state index in [9.17, 15) is 14.9 Å². The van der Waals surface area contributed by atoms with Gasteiger partial charge in [0.25, 0.3) is 5.56 Å². The molecule has 0 saturated heterocycles. The number of benzene rings is 1. The lowest BCUT2D eigenvalue weighted by Crippen LogP contribution is -2.51. The molecule has 0 saturated carbocycles. The molecule has 1 amide bonds. The highest BCUT2D eigenvalue weighted by Crippen LogP contribution is 2.26. The maximum atomic E-state index is 12.9. The van der Waals surface area contributed by atoms with Gasteiger partial charge in [0.15, 0.2) is 5.16 Å². The number of nitriles is 1. The van der Waals surface area contributed by atoms with Gasteiger partial charge in [-0.1, -0.05) is 37.7 Å². The third-order valence-corrected chi connectivity index (χ3v) is 5.78. The second kappa shape index (κ2) is 8.13. The third kappa shape index (κ3) is 4.33. The maximum absolute atomic E-state index is 12.9. The second-order valence-electron chi connectivity index (χ2n) is 7.40. The van der Waals surface area contributed by atoms with Crippen molar-refractivity contribution >= 4 is 28.6 Å². The molecule has 6 nitrogen and oxygen atoms in total. The number of para-hydroxylation sites is 1. The van der Waals surface area contributed by atoms with E-state index in [1.165, 1.54) is 11.8 Å². The number of rotatable bonds is 6. The van der Waals surface area contributed by atoms with Crippen molar-refractivity contribution in [2.24, 2.45) is 5.92 Å². The lowest BCUT2D eigenvalue weighted by Gasteiger charge is -2.28. The van der Waals surface area contributed by atoms with Gasteiger partial charge in [0.05, 0.1) is 22.2 Å². The number of carbonyl (C=O) groups excluding carboxylic acids is 1. The Bertz CT molecular complexity index is 945. The molecule has 0 aliphatic carbocycles. The molecule has 0 aliphatic heterocycles. The molecule has 0 bridgehead atoms. The SMILES string of the molecule is CC(C)n1c(S[C@H](C)C(=O)N[C@](C)(C#N)C(C)C)nc2ccccc2c1=O. The Morgan fingerprint density at radius 2 is 1.89 bits per heavy atom. The van der Waals surface area contributed by atoms with Crippen LogP contribution in [-0.4, -0.2) is 26.2 Å². The molecular weight excluding hydrogens is 360 g/mol. The summed E-state index contributed by atoms with van der Waals surface area (Å²) in [6.07, 6.45) is 0. The minimum Gasteiger partial charge on any atom is -0.337 e. The van der Waals surface area contributed by atoms with Crippen molar-refractivity contribution in [2.75, 3.05) is 0 Å². The highest BCUT2D eigenvalue weighted by Gasteiger charge is 2.32. The predicted molar refractivity (Wildman–Crippen MR) is 109 cm³/mol. The number of fused-ring (bicyclic) bond motifs is 1. The van der Waals surface area contributed by atoms with Crippen molar-refractivity contribution in [3.05, 3.63) is 34.6 Å². The topological polar surface area (TPSA) is 87.8 Å². The van der Waals surface area contributed by atoms with Gasteiger partial charge in [-0.3, -0.25) is 14.2 Å². The molecule has 27 heavy (non-hydrogen) atoms. The average Bonchev–Trinajstić information content (AvgIpc) is 2.61. The van der Waals surface area contributed by atoms with Crippen LogP contribution in [0, 0.1) is 17.2 Å². The summed E-state index contributed by atoms with van der Waals surface area (Å²) in [6, 6.07) is 9.29. The van der Waals surface area contributed by atoms with Crippen LogP contribution in [0.3, 0.4) is 0 Å².